The van der Waals surface area contributed by atoms with Crippen LogP contribution in [-0.2, 0) is 17.8 Å². The Bertz CT molecular complexity index is 1450. The molecular formula is C27H22N6O. The van der Waals surface area contributed by atoms with E-state index in [1.165, 1.54) is 0 Å². The van der Waals surface area contributed by atoms with Gasteiger partial charge < -0.3 is 11.1 Å². The van der Waals surface area contributed by atoms with E-state index in [-0.39, 0.29) is 6.42 Å². The molecule has 2 aromatic carbocycles. The zero-order valence-corrected chi connectivity index (χ0v) is 18.3. The quantitative estimate of drug-likeness (QED) is 0.384. The van der Waals surface area contributed by atoms with E-state index in [1.54, 1.807) is 18.6 Å². The third-order valence-corrected chi connectivity index (χ3v) is 5.40. The maximum Gasteiger partial charge on any atom is 0.221 e. The molecule has 0 spiro atoms. The fourth-order valence-electron chi connectivity index (χ4n) is 3.88. The summed E-state index contributed by atoms with van der Waals surface area (Å²) in [6, 6.07) is 23.9. The van der Waals surface area contributed by atoms with Crippen LogP contribution < -0.4 is 11.1 Å². The van der Waals surface area contributed by atoms with E-state index in [9.17, 15) is 4.79 Å². The van der Waals surface area contributed by atoms with Crippen LogP contribution in [0.2, 0.25) is 0 Å². The Morgan fingerprint density at radius 3 is 2.53 bits per heavy atom. The lowest BCUT2D eigenvalue weighted by Crippen LogP contribution is -2.13. The number of pyridine rings is 2. The number of carbonyl (C=O) groups excluding carboxylic acids is 1. The maximum atomic E-state index is 11.4. The summed E-state index contributed by atoms with van der Waals surface area (Å²) in [5.41, 5.74) is 10.6. The zero-order valence-electron chi connectivity index (χ0n) is 18.3. The number of fused-ring (bicyclic) bond motifs is 1. The van der Waals surface area contributed by atoms with Crippen LogP contribution in [0.4, 0.5) is 5.82 Å². The Kier molecular flexibility index (Phi) is 5.90. The van der Waals surface area contributed by atoms with Gasteiger partial charge in [0.2, 0.25) is 5.91 Å². The smallest absolute Gasteiger partial charge is 0.221 e. The molecule has 0 atom stereocenters. The Hall–Kier alpha value is -4.65. The van der Waals surface area contributed by atoms with Gasteiger partial charge in [-0.3, -0.25) is 14.8 Å². The molecule has 3 aromatic heterocycles. The molecule has 0 saturated heterocycles. The molecule has 3 heterocycles. The number of nitrogens with zero attached hydrogens (tertiary/aromatic N) is 4. The van der Waals surface area contributed by atoms with Crippen LogP contribution in [-0.4, -0.2) is 25.8 Å². The number of amides is 1. The highest BCUT2D eigenvalue weighted by molar-refractivity contribution is 6.02. The summed E-state index contributed by atoms with van der Waals surface area (Å²) in [5, 5.41) is 4.39. The van der Waals surface area contributed by atoms with Crippen molar-refractivity contribution in [3.63, 3.8) is 0 Å². The lowest BCUT2D eigenvalue weighted by Gasteiger charge is -2.14. The van der Waals surface area contributed by atoms with Crippen LogP contribution in [0.3, 0.4) is 0 Å². The maximum absolute atomic E-state index is 11.4. The van der Waals surface area contributed by atoms with Gasteiger partial charge in [-0.05, 0) is 41.0 Å². The molecule has 0 radical (unpaired) electrons. The Morgan fingerprint density at radius 1 is 0.882 bits per heavy atom. The van der Waals surface area contributed by atoms with Crippen molar-refractivity contribution in [1.29, 1.82) is 0 Å². The Labute approximate surface area is 196 Å². The lowest BCUT2D eigenvalue weighted by atomic mass is 10.0. The first-order valence-corrected chi connectivity index (χ1v) is 10.9. The topological polar surface area (TPSA) is 107 Å². The summed E-state index contributed by atoms with van der Waals surface area (Å²) in [4.78, 5) is 29.8. The Morgan fingerprint density at radius 2 is 1.74 bits per heavy atom. The highest BCUT2D eigenvalue weighted by Crippen LogP contribution is 2.34. The van der Waals surface area contributed by atoms with Crippen LogP contribution in [0.15, 0.2) is 91.4 Å². The summed E-state index contributed by atoms with van der Waals surface area (Å²) in [7, 11) is 0. The number of aromatic nitrogens is 4. The second-order valence-electron chi connectivity index (χ2n) is 7.86. The minimum atomic E-state index is -0.413. The van der Waals surface area contributed by atoms with Gasteiger partial charge in [0.05, 0.1) is 29.6 Å². The van der Waals surface area contributed by atoms with Crippen molar-refractivity contribution in [1.82, 2.24) is 19.9 Å². The van der Waals surface area contributed by atoms with E-state index in [1.807, 2.05) is 54.6 Å². The molecule has 0 fully saturated rings. The SMILES string of the molecule is NC(=O)Cc1cncc(-c2nc(NCc3ccccn3)c3c(-c4ccccc4)cccc3n2)c1. The fourth-order valence-corrected chi connectivity index (χ4v) is 3.88. The predicted octanol–water partition coefficient (Wildman–Crippen LogP) is 4.39. The highest BCUT2D eigenvalue weighted by atomic mass is 16.1. The zero-order chi connectivity index (χ0) is 23.3. The first kappa shape index (κ1) is 21.2. The van der Waals surface area contributed by atoms with Crippen molar-refractivity contribution in [2.24, 2.45) is 5.73 Å². The second-order valence-corrected chi connectivity index (χ2v) is 7.86. The second kappa shape index (κ2) is 9.46. The summed E-state index contributed by atoms with van der Waals surface area (Å²) in [6.45, 7) is 0.509. The number of benzene rings is 2. The number of hydrogen-bond donors (Lipinski definition) is 2. The molecular weight excluding hydrogens is 424 g/mol. The first-order chi connectivity index (χ1) is 16.7. The van der Waals surface area contributed by atoms with Crippen molar-refractivity contribution in [3.8, 4) is 22.5 Å². The molecule has 0 saturated carbocycles. The number of anilines is 1. The first-order valence-electron chi connectivity index (χ1n) is 10.9. The van der Waals surface area contributed by atoms with E-state index < -0.39 is 5.91 Å². The summed E-state index contributed by atoms with van der Waals surface area (Å²) in [5.74, 6) is 0.800. The van der Waals surface area contributed by atoms with Crippen molar-refractivity contribution in [2.45, 2.75) is 13.0 Å². The normalized spacial score (nSPS) is 10.8. The third-order valence-electron chi connectivity index (χ3n) is 5.40. The fraction of sp³-hybridized carbons (Fsp3) is 0.0741. The molecule has 0 aliphatic rings. The number of nitrogens with two attached hydrogens (primary N) is 1. The van der Waals surface area contributed by atoms with E-state index >= 15 is 0 Å². The van der Waals surface area contributed by atoms with E-state index in [0.717, 1.165) is 33.3 Å². The van der Waals surface area contributed by atoms with Crippen molar-refractivity contribution < 1.29 is 4.79 Å². The summed E-state index contributed by atoms with van der Waals surface area (Å²) in [6.07, 6.45) is 5.20. The van der Waals surface area contributed by atoms with Crippen LogP contribution in [0.1, 0.15) is 11.3 Å². The molecule has 0 aliphatic heterocycles. The molecule has 3 N–H and O–H groups in total. The van der Waals surface area contributed by atoms with Crippen LogP contribution >= 0.6 is 0 Å². The molecule has 0 bridgehead atoms. The van der Waals surface area contributed by atoms with Gasteiger partial charge >= 0.3 is 0 Å². The number of rotatable bonds is 7. The number of hydrogen-bond acceptors (Lipinski definition) is 6. The largest absolute Gasteiger partial charge is 0.369 e. The summed E-state index contributed by atoms with van der Waals surface area (Å²) < 4.78 is 0. The van der Waals surface area contributed by atoms with Crippen LogP contribution in [0.5, 0.6) is 0 Å². The van der Waals surface area contributed by atoms with Crippen molar-refractivity contribution >= 4 is 22.6 Å². The summed E-state index contributed by atoms with van der Waals surface area (Å²) >= 11 is 0. The van der Waals surface area contributed by atoms with Gasteiger partial charge in [-0.15, -0.1) is 0 Å². The number of nitrogens with one attached hydrogen (secondary N) is 1. The average molecular weight is 447 g/mol. The monoisotopic (exact) mass is 446 g/mol. The molecule has 166 valence electrons. The van der Waals surface area contributed by atoms with Crippen molar-refractivity contribution in [2.75, 3.05) is 5.32 Å². The van der Waals surface area contributed by atoms with Gasteiger partial charge in [0.15, 0.2) is 5.82 Å². The molecule has 5 rings (SSSR count). The number of carbonyl (C=O) groups is 1. The van der Waals surface area contributed by atoms with Gasteiger partial charge in [0.1, 0.15) is 5.82 Å². The van der Waals surface area contributed by atoms with E-state index in [0.29, 0.717) is 23.8 Å². The van der Waals surface area contributed by atoms with Gasteiger partial charge in [-0.2, -0.15) is 0 Å². The van der Waals surface area contributed by atoms with E-state index in [2.05, 4.69) is 33.5 Å². The average Bonchev–Trinajstić information content (AvgIpc) is 2.87. The standard InChI is InChI=1S/C27H22N6O/c28-24(34)14-18-13-20(16-29-15-18)26-32-23-11-6-10-22(19-7-2-1-3-8-19)25(23)27(33-26)31-17-21-9-4-5-12-30-21/h1-13,15-16H,14,17H2,(H2,28,34)(H,31,32,33). The predicted molar refractivity (Wildman–Crippen MR) is 133 cm³/mol. The minimum Gasteiger partial charge on any atom is -0.369 e. The Balaban J connectivity index is 1.65. The molecule has 7 nitrogen and oxygen atoms in total. The van der Waals surface area contributed by atoms with Crippen molar-refractivity contribution in [3.05, 3.63) is 103 Å². The van der Waals surface area contributed by atoms with Gasteiger partial charge in [-0.1, -0.05) is 48.5 Å². The van der Waals surface area contributed by atoms with E-state index in [4.69, 9.17) is 15.7 Å². The highest BCUT2D eigenvalue weighted by Gasteiger charge is 2.15. The molecule has 0 aliphatic carbocycles. The minimum absolute atomic E-state index is 0.108. The molecule has 5 aromatic rings. The van der Waals surface area contributed by atoms with Gasteiger partial charge in [0, 0.05) is 24.2 Å². The lowest BCUT2D eigenvalue weighted by molar-refractivity contribution is -0.117. The molecule has 0 unspecified atom stereocenters. The van der Waals surface area contributed by atoms with Gasteiger partial charge in [0.25, 0.3) is 0 Å². The van der Waals surface area contributed by atoms with Crippen LogP contribution in [0.25, 0.3) is 33.4 Å². The number of primary amides is 1. The molecule has 34 heavy (non-hydrogen) atoms. The van der Waals surface area contributed by atoms with Crippen LogP contribution in [0, 0.1) is 0 Å². The molecule has 1 amide bonds. The van der Waals surface area contributed by atoms with Gasteiger partial charge in [-0.25, -0.2) is 9.97 Å². The molecule has 7 heteroatoms. The third kappa shape index (κ3) is 4.59.